The van der Waals surface area contributed by atoms with Gasteiger partial charge in [-0.15, -0.1) is 5.10 Å². The number of rotatable bonds is 25. The largest absolute Gasteiger partial charge is 0.386 e. The molecule has 0 amide bonds. The van der Waals surface area contributed by atoms with Gasteiger partial charge >= 0.3 is 0 Å². The van der Waals surface area contributed by atoms with Crippen LogP contribution < -0.4 is 5.73 Å². The Labute approximate surface area is 200 Å². The van der Waals surface area contributed by atoms with Crippen LogP contribution in [0.3, 0.4) is 0 Å². The Hall–Kier alpha value is -2.00. The number of hydrogen-bond donors (Lipinski definition) is 2. The van der Waals surface area contributed by atoms with Crippen molar-refractivity contribution in [3.63, 3.8) is 0 Å². The highest BCUT2D eigenvalue weighted by Gasteiger charge is 2.02. The zero-order valence-electron chi connectivity index (χ0n) is 20.1. The van der Waals surface area contributed by atoms with Gasteiger partial charge in [-0.05, 0) is 6.92 Å². The quantitative estimate of drug-likeness (QED) is 0.106. The van der Waals surface area contributed by atoms with Gasteiger partial charge in [-0.3, -0.25) is 10.2 Å². The number of nitrogens with two attached hydrogens (primary N) is 1. The van der Waals surface area contributed by atoms with Gasteiger partial charge in [0, 0.05) is 6.42 Å². The first kappa shape index (κ1) is 30.0. The number of ketones is 1. The number of ether oxygens (including phenoxy) is 7. The van der Waals surface area contributed by atoms with E-state index in [9.17, 15) is 4.79 Å². The molecule has 0 atom stereocenters. The molecule has 1 aromatic heterocycles. The standard InChI is InChI=1S/C21H39N5O8/c1-19(27)2-4-28-6-8-31-12-14-33-17-20-16-26(25-24-20)3-5-29-7-9-30-10-11-32-13-15-34-18-21(22)23/h16H,2-15,17-18H2,1H3,(H3,22,23). The Morgan fingerprint density at radius 2 is 1.32 bits per heavy atom. The highest BCUT2D eigenvalue weighted by molar-refractivity contribution is 5.78. The van der Waals surface area contributed by atoms with Gasteiger partial charge in [0.25, 0.3) is 0 Å². The van der Waals surface area contributed by atoms with E-state index in [0.29, 0.717) is 98.9 Å². The van der Waals surface area contributed by atoms with Crippen LogP contribution in [0.4, 0.5) is 0 Å². The molecular formula is C21H39N5O8. The van der Waals surface area contributed by atoms with Crippen LogP contribution in [-0.4, -0.2) is 113 Å². The number of carbonyl (C=O) groups excluding carboxylic acids is 1. The summed E-state index contributed by atoms with van der Waals surface area (Å²) < 4.78 is 39.2. The number of hydrogen-bond acceptors (Lipinski definition) is 11. The number of carbonyl (C=O) groups is 1. The number of nitrogens with zero attached hydrogens (tertiary/aromatic N) is 3. The van der Waals surface area contributed by atoms with Crippen molar-refractivity contribution in [2.45, 2.75) is 26.5 Å². The fourth-order valence-electron chi connectivity index (χ4n) is 2.35. The van der Waals surface area contributed by atoms with Crippen LogP contribution >= 0.6 is 0 Å². The van der Waals surface area contributed by atoms with Gasteiger partial charge in [0.05, 0.1) is 98.6 Å². The van der Waals surface area contributed by atoms with Crippen molar-refractivity contribution >= 4 is 11.6 Å². The van der Waals surface area contributed by atoms with Crippen molar-refractivity contribution in [1.82, 2.24) is 15.0 Å². The second-order valence-corrected chi connectivity index (χ2v) is 7.12. The highest BCUT2D eigenvalue weighted by Crippen LogP contribution is 1.97. The maximum atomic E-state index is 10.8. The van der Waals surface area contributed by atoms with Gasteiger partial charge in [-0.25, -0.2) is 4.68 Å². The van der Waals surface area contributed by atoms with Crippen molar-refractivity contribution in [2.24, 2.45) is 5.73 Å². The second-order valence-electron chi connectivity index (χ2n) is 7.12. The Bertz CT molecular complexity index is 646. The zero-order valence-corrected chi connectivity index (χ0v) is 20.1. The van der Waals surface area contributed by atoms with E-state index in [2.05, 4.69) is 10.3 Å². The van der Waals surface area contributed by atoms with Crippen molar-refractivity contribution < 1.29 is 38.0 Å². The lowest BCUT2D eigenvalue weighted by molar-refractivity contribution is -0.118. The fourth-order valence-corrected chi connectivity index (χ4v) is 2.35. The molecule has 0 fully saturated rings. The van der Waals surface area contributed by atoms with Crippen molar-refractivity contribution in [3.8, 4) is 0 Å². The molecule has 1 heterocycles. The molecule has 1 aromatic rings. The van der Waals surface area contributed by atoms with Crippen molar-refractivity contribution in [3.05, 3.63) is 11.9 Å². The Balaban J connectivity index is 1.85. The van der Waals surface area contributed by atoms with E-state index < -0.39 is 0 Å². The summed E-state index contributed by atoms with van der Waals surface area (Å²) in [6.45, 7) is 8.11. The summed E-state index contributed by atoms with van der Waals surface area (Å²) in [5, 5.41) is 15.1. The highest BCUT2D eigenvalue weighted by atomic mass is 16.6. The number of aromatic nitrogens is 3. The van der Waals surface area contributed by atoms with Crippen LogP contribution in [-0.2, 0) is 51.1 Å². The normalized spacial score (nSPS) is 11.2. The van der Waals surface area contributed by atoms with E-state index in [1.807, 2.05) is 6.20 Å². The van der Waals surface area contributed by atoms with E-state index in [1.54, 1.807) is 11.6 Å². The van der Waals surface area contributed by atoms with Crippen molar-refractivity contribution in [2.75, 3.05) is 85.9 Å². The topological polar surface area (TPSA) is 162 Å². The van der Waals surface area contributed by atoms with Gasteiger partial charge in [-0.2, -0.15) is 0 Å². The average Bonchev–Trinajstić information content (AvgIpc) is 3.25. The Kier molecular flexibility index (Phi) is 19.0. The molecule has 13 heteroatoms. The number of Topliss-reactive ketones (excluding diaryl/α,β-unsaturated/α-hetero) is 1. The lowest BCUT2D eigenvalue weighted by atomic mass is 10.3. The van der Waals surface area contributed by atoms with Crippen LogP contribution in [0.25, 0.3) is 0 Å². The minimum Gasteiger partial charge on any atom is -0.386 e. The maximum absolute atomic E-state index is 10.8. The predicted octanol–water partition coefficient (Wildman–Crippen LogP) is -0.191. The molecule has 0 aliphatic heterocycles. The zero-order chi connectivity index (χ0) is 24.7. The van der Waals surface area contributed by atoms with Crippen LogP contribution in [0.15, 0.2) is 6.20 Å². The summed E-state index contributed by atoms with van der Waals surface area (Å²) in [6.07, 6.45) is 2.25. The molecule has 0 saturated carbocycles. The Morgan fingerprint density at radius 1 is 0.824 bits per heavy atom. The van der Waals surface area contributed by atoms with E-state index in [1.165, 1.54) is 0 Å². The first-order chi connectivity index (χ1) is 16.6. The van der Waals surface area contributed by atoms with Gasteiger partial charge in [0.15, 0.2) is 0 Å². The summed E-state index contributed by atoms with van der Waals surface area (Å²) in [5.41, 5.74) is 5.90. The van der Waals surface area contributed by atoms with E-state index in [4.69, 9.17) is 44.3 Å². The van der Waals surface area contributed by atoms with E-state index >= 15 is 0 Å². The fraction of sp³-hybridized carbons (Fsp3) is 0.810. The number of nitrogens with one attached hydrogen (secondary N) is 1. The molecule has 0 aliphatic rings. The molecule has 196 valence electrons. The van der Waals surface area contributed by atoms with Crippen LogP contribution in [0.1, 0.15) is 19.0 Å². The van der Waals surface area contributed by atoms with Gasteiger partial charge in [-0.1, -0.05) is 5.21 Å². The van der Waals surface area contributed by atoms with Gasteiger partial charge in [0.1, 0.15) is 23.9 Å². The molecule has 3 N–H and O–H groups in total. The first-order valence-electron chi connectivity index (χ1n) is 11.3. The van der Waals surface area contributed by atoms with Gasteiger partial charge in [0.2, 0.25) is 0 Å². The smallest absolute Gasteiger partial charge is 0.132 e. The molecule has 0 radical (unpaired) electrons. The average molecular weight is 490 g/mol. The third-order valence-corrected chi connectivity index (χ3v) is 4.02. The molecule has 13 nitrogen and oxygen atoms in total. The molecule has 0 aliphatic carbocycles. The van der Waals surface area contributed by atoms with Crippen LogP contribution in [0.5, 0.6) is 0 Å². The first-order valence-corrected chi connectivity index (χ1v) is 11.3. The third kappa shape index (κ3) is 19.5. The predicted molar refractivity (Wildman–Crippen MR) is 122 cm³/mol. The summed E-state index contributed by atoms with van der Waals surface area (Å²) in [6, 6.07) is 0. The van der Waals surface area contributed by atoms with Crippen LogP contribution in [0.2, 0.25) is 0 Å². The Morgan fingerprint density at radius 3 is 1.88 bits per heavy atom. The summed E-state index contributed by atoms with van der Waals surface area (Å²) in [4.78, 5) is 10.8. The summed E-state index contributed by atoms with van der Waals surface area (Å²) in [7, 11) is 0. The van der Waals surface area contributed by atoms with Crippen molar-refractivity contribution in [1.29, 1.82) is 5.41 Å². The minimum absolute atomic E-state index is 0.000887. The molecular weight excluding hydrogens is 450 g/mol. The molecule has 0 aromatic carbocycles. The molecule has 0 unspecified atom stereocenters. The third-order valence-electron chi connectivity index (χ3n) is 4.02. The minimum atomic E-state index is 0.000887. The molecule has 0 bridgehead atoms. The maximum Gasteiger partial charge on any atom is 0.132 e. The molecule has 0 spiro atoms. The molecule has 1 rings (SSSR count). The lowest BCUT2D eigenvalue weighted by Gasteiger charge is -2.07. The molecule has 34 heavy (non-hydrogen) atoms. The second kappa shape index (κ2) is 21.5. The number of amidine groups is 1. The van der Waals surface area contributed by atoms with Crippen LogP contribution in [0, 0.1) is 5.41 Å². The lowest BCUT2D eigenvalue weighted by Crippen LogP contribution is -2.19. The van der Waals surface area contributed by atoms with E-state index in [-0.39, 0.29) is 18.2 Å². The molecule has 0 saturated heterocycles. The van der Waals surface area contributed by atoms with Gasteiger partial charge < -0.3 is 38.9 Å². The summed E-state index contributed by atoms with van der Waals surface area (Å²) in [5.74, 6) is 0.120. The van der Waals surface area contributed by atoms with E-state index in [0.717, 1.165) is 5.69 Å². The summed E-state index contributed by atoms with van der Waals surface area (Å²) >= 11 is 0. The SMILES string of the molecule is CC(=O)CCOCCOCCOCc1cn(CCOCCOCCOCCOCC(=N)N)nn1. The monoisotopic (exact) mass is 489 g/mol.